The summed E-state index contributed by atoms with van der Waals surface area (Å²) in [6.45, 7) is 0.249. The number of benzene rings is 4. The van der Waals surface area contributed by atoms with Crippen LogP contribution >= 0.6 is 0 Å². The number of hydrogen-bond acceptors (Lipinski definition) is 5. The van der Waals surface area contributed by atoms with Crippen molar-refractivity contribution in [3.8, 4) is 11.5 Å². The molecule has 0 radical (unpaired) electrons. The van der Waals surface area contributed by atoms with Crippen LogP contribution < -0.4 is 19.7 Å². The van der Waals surface area contributed by atoms with E-state index in [0.29, 0.717) is 22.7 Å². The monoisotopic (exact) mass is 537 g/mol. The van der Waals surface area contributed by atoms with E-state index in [1.807, 2.05) is 104 Å². The second-order valence-electron chi connectivity index (χ2n) is 9.62. The highest BCUT2D eigenvalue weighted by Gasteiger charge is 2.32. The van der Waals surface area contributed by atoms with Crippen molar-refractivity contribution in [1.29, 1.82) is 0 Å². The van der Waals surface area contributed by atoms with Gasteiger partial charge in [0.05, 0.1) is 20.6 Å². The van der Waals surface area contributed by atoms with E-state index < -0.39 is 6.04 Å². The third kappa shape index (κ3) is 6.99. The third-order valence-corrected chi connectivity index (χ3v) is 6.65. The first-order valence-corrected chi connectivity index (χ1v) is 13.1. The van der Waals surface area contributed by atoms with E-state index in [-0.39, 0.29) is 24.8 Å². The van der Waals surface area contributed by atoms with Gasteiger partial charge in [-0.05, 0) is 53.1 Å². The quantitative estimate of drug-likeness (QED) is 0.265. The summed E-state index contributed by atoms with van der Waals surface area (Å²) in [4.78, 5) is 31.7. The summed E-state index contributed by atoms with van der Waals surface area (Å²) in [5.41, 5.74) is 4.04. The molecule has 0 aliphatic rings. The van der Waals surface area contributed by atoms with Crippen LogP contribution in [0.1, 0.15) is 22.7 Å². The molecule has 4 aromatic carbocycles. The van der Waals surface area contributed by atoms with Gasteiger partial charge in [-0.1, -0.05) is 66.7 Å². The maximum Gasteiger partial charge on any atom is 0.251 e. The van der Waals surface area contributed by atoms with Gasteiger partial charge in [0, 0.05) is 32.0 Å². The van der Waals surface area contributed by atoms with Crippen LogP contribution in [0, 0.1) is 0 Å². The first-order chi connectivity index (χ1) is 19.4. The molecule has 4 rings (SSSR count). The molecular weight excluding hydrogens is 502 g/mol. The summed E-state index contributed by atoms with van der Waals surface area (Å²) in [5, 5.41) is 3.03. The second-order valence-corrected chi connectivity index (χ2v) is 9.62. The van der Waals surface area contributed by atoms with Crippen LogP contribution in [0.4, 0.5) is 11.4 Å². The Bertz CT molecular complexity index is 1410. The molecule has 1 atom stereocenters. The summed E-state index contributed by atoms with van der Waals surface area (Å²) in [6.07, 6.45) is 0.155. The smallest absolute Gasteiger partial charge is 0.251 e. The molecule has 0 unspecified atom stereocenters. The van der Waals surface area contributed by atoms with Crippen LogP contribution in [0.3, 0.4) is 0 Å². The van der Waals surface area contributed by atoms with Crippen LogP contribution in [-0.2, 0) is 22.6 Å². The Morgan fingerprint density at radius 3 is 1.93 bits per heavy atom. The van der Waals surface area contributed by atoms with Gasteiger partial charge in [0.1, 0.15) is 6.04 Å². The highest BCUT2D eigenvalue weighted by Crippen LogP contribution is 2.34. The molecule has 2 amide bonds. The van der Waals surface area contributed by atoms with Gasteiger partial charge in [0.25, 0.3) is 5.91 Å². The number of hydrogen-bond donors (Lipinski definition) is 1. The SMILES string of the molecule is COc1ccc([C@@H](C(=O)Nc2ccc(N(C)C)cc2)N(Cc2ccccc2)C(=O)Cc2ccccc2)cc1OC. The van der Waals surface area contributed by atoms with Crippen LogP contribution in [0.5, 0.6) is 11.5 Å². The molecule has 0 aliphatic heterocycles. The fourth-order valence-electron chi connectivity index (χ4n) is 4.52. The lowest BCUT2D eigenvalue weighted by Gasteiger charge is -2.32. The van der Waals surface area contributed by atoms with Gasteiger partial charge in [-0.15, -0.1) is 0 Å². The molecule has 0 spiro atoms. The van der Waals surface area contributed by atoms with Gasteiger partial charge in [-0.2, -0.15) is 0 Å². The highest BCUT2D eigenvalue weighted by molar-refractivity contribution is 5.98. The summed E-state index contributed by atoms with van der Waals surface area (Å²) in [7, 11) is 7.02. The maximum atomic E-state index is 14.1. The van der Waals surface area contributed by atoms with Gasteiger partial charge in [0.2, 0.25) is 5.91 Å². The Kier molecular flexibility index (Phi) is 9.41. The highest BCUT2D eigenvalue weighted by atomic mass is 16.5. The second kappa shape index (κ2) is 13.3. The van der Waals surface area contributed by atoms with Gasteiger partial charge < -0.3 is 24.6 Å². The molecule has 0 saturated heterocycles. The number of methoxy groups -OCH3 is 2. The van der Waals surface area contributed by atoms with Gasteiger partial charge >= 0.3 is 0 Å². The van der Waals surface area contributed by atoms with Crippen LogP contribution in [-0.4, -0.2) is 45.0 Å². The van der Waals surface area contributed by atoms with Crippen molar-refractivity contribution in [2.24, 2.45) is 0 Å². The van der Waals surface area contributed by atoms with Gasteiger partial charge in [0.15, 0.2) is 11.5 Å². The fraction of sp³-hybridized carbons (Fsp3) is 0.212. The zero-order valence-corrected chi connectivity index (χ0v) is 23.3. The van der Waals surface area contributed by atoms with E-state index in [0.717, 1.165) is 16.8 Å². The first kappa shape index (κ1) is 28.2. The molecule has 1 N–H and O–H groups in total. The molecule has 0 aromatic heterocycles. The number of nitrogens with one attached hydrogen (secondary N) is 1. The molecular formula is C33H35N3O4. The number of amides is 2. The van der Waals surface area contributed by atoms with Gasteiger partial charge in [-0.25, -0.2) is 0 Å². The van der Waals surface area contributed by atoms with Crippen LogP contribution in [0.15, 0.2) is 103 Å². The summed E-state index contributed by atoms with van der Waals surface area (Å²) >= 11 is 0. The lowest BCUT2D eigenvalue weighted by molar-refractivity contribution is -0.139. The largest absolute Gasteiger partial charge is 0.493 e. The molecule has 0 aliphatic carbocycles. The number of carbonyl (C=O) groups excluding carboxylic acids is 2. The molecule has 40 heavy (non-hydrogen) atoms. The predicted octanol–water partition coefficient (Wildman–Crippen LogP) is 5.72. The predicted molar refractivity (Wildman–Crippen MR) is 159 cm³/mol. The van der Waals surface area contributed by atoms with Crippen molar-refractivity contribution in [2.75, 3.05) is 38.5 Å². The average molecular weight is 538 g/mol. The minimum absolute atomic E-state index is 0.155. The van der Waals surface area contributed by atoms with Crippen molar-refractivity contribution in [3.05, 3.63) is 120 Å². The van der Waals surface area contributed by atoms with Crippen molar-refractivity contribution < 1.29 is 19.1 Å². The average Bonchev–Trinajstić information content (AvgIpc) is 2.98. The summed E-state index contributed by atoms with van der Waals surface area (Å²) in [6, 6.07) is 31.2. The number of rotatable bonds is 11. The number of nitrogens with zero attached hydrogens (tertiary/aromatic N) is 2. The minimum Gasteiger partial charge on any atom is -0.493 e. The van der Waals surface area contributed by atoms with Crippen LogP contribution in [0.25, 0.3) is 0 Å². The summed E-state index contributed by atoms with van der Waals surface area (Å²) in [5.74, 6) is 0.508. The van der Waals surface area contributed by atoms with E-state index in [9.17, 15) is 9.59 Å². The van der Waals surface area contributed by atoms with Crippen LogP contribution in [0.2, 0.25) is 0 Å². The Morgan fingerprint density at radius 2 is 1.35 bits per heavy atom. The number of anilines is 2. The molecule has 7 heteroatoms. The zero-order valence-electron chi connectivity index (χ0n) is 23.3. The molecule has 0 fully saturated rings. The molecule has 7 nitrogen and oxygen atoms in total. The van der Waals surface area contributed by atoms with Gasteiger partial charge in [-0.3, -0.25) is 9.59 Å². The number of ether oxygens (including phenoxy) is 2. The molecule has 206 valence electrons. The number of carbonyl (C=O) groups is 2. The summed E-state index contributed by atoms with van der Waals surface area (Å²) < 4.78 is 11.0. The van der Waals surface area contributed by atoms with E-state index in [4.69, 9.17) is 9.47 Å². The fourth-order valence-corrected chi connectivity index (χ4v) is 4.52. The topological polar surface area (TPSA) is 71.1 Å². The molecule has 0 bridgehead atoms. The Morgan fingerprint density at radius 1 is 0.750 bits per heavy atom. The normalized spacial score (nSPS) is 11.3. The van der Waals surface area contributed by atoms with Crippen molar-refractivity contribution in [2.45, 2.75) is 19.0 Å². The maximum absolute atomic E-state index is 14.1. The minimum atomic E-state index is -0.940. The van der Waals surface area contributed by atoms with E-state index in [1.54, 1.807) is 37.3 Å². The van der Waals surface area contributed by atoms with E-state index >= 15 is 0 Å². The Hall–Kier alpha value is -4.78. The zero-order chi connectivity index (χ0) is 28.5. The van der Waals surface area contributed by atoms with Crippen molar-refractivity contribution >= 4 is 23.2 Å². The lowest BCUT2D eigenvalue weighted by Crippen LogP contribution is -2.41. The third-order valence-electron chi connectivity index (χ3n) is 6.65. The Balaban J connectivity index is 1.77. The molecule has 0 heterocycles. The first-order valence-electron chi connectivity index (χ1n) is 13.1. The van der Waals surface area contributed by atoms with E-state index in [2.05, 4.69) is 5.32 Å². The standard InChI is InChI=1S/C33H35N3O4/c1-35(2)28-18-16-27(17-19-28)34-33(38)32(26-15-20-29(39-3)30(22-26)40-4)36(23-25-13-9-6-10-14-25)31(37)21-24-11-7-5-8-12-24/h5-20,22,32H,21,23H2,1-4H3,(H,34,38)/t32-/m0/s1. The lowest BCUT2D eigenvalue weighted by atomic mass is 10.0. The van der Waals surface area contributed by atoms with E-state index in [1.165, 1.54) is 0 Å². The molecule has 0 saturated carbocycles. The van der Waals surface area contributed by atoms with Crippen molar-refractivity contribution in [3.63, 3.8) is 0 Å². The van der Waals surface area contributed by atoms with Crippen molar-refractivity contribution in [1.82, 2.24) is 4.90 Å². The Labute approximate surface area is 236 Å². The molecule has 4 aromatic rings.